The molecule has 0 radical (unpaired) electrons. The van der Waals surface area contributed by atoms with Crippen LogP contribution in [0.2, 0.25) is 0 Å². The molecule has 2 heteroatoms. The lowest BCUT2D eigenvalue weighted by atomic mass is 9.70. The molecule has 1 spiro atoms. The molecule has 0 unspecified atom stereocenters. The summed E-state index contributed by atoms with van der Waals surface area (Å²) in [6.07, 6.45) is 9.30. The zero-order chi connectivity index (χ0) is 60.6. The smallest absolute Gasteiger partial charge is 0.0725 e. The van der Waals surface area contributed by atoms with Crippen molar-refractivity contribution in [2.45, 2.75) is 33.1 Å². The van der Waals surface area contributed by atoms with E-state index >= 15 is 0 Å². The highest BCUT2D eigenvalue weighted by atomic mass is 15.0. The minimum Gasteiger partial charge on any atom is -0.309 e. The van der Waals surface area contributed by atoms with Gasteiger partial charge in [-0.3, -0.25) is 0 Å². The Morgan fingerprint density at radius 1 is 0.242 bits per heavy atom. The van der Waals surface area contributed by atoms with Gasteiger partial charge in [0.1, 0.15) is 0 Å². The molecule has 0 fully saturated rings. The Morgan fingerprint density at radius 3 is 1.03 bits per heavy atom. The Balaban J connectivity index is 0.704. The van der Waals surface area contributed by atoms with Gasteiger partial charge >= 0.3 is 0 Å². The number of hydrogen-bond acceptors (Lipinski definition) is 0. The standard InChI is InChI=1S/C89H62N2/c1-55-45-56(2)48-65(47-55)90-85-27-15-11-23-77(85)79-53-63(37-43-87(79)90)69-41-35-61(67-17-5-7-19-71(67)69)33-29-59-31-39-75-76-40-32-60(52-84(76)89(83(75)51-59)81-25-13-9-21-73(81)74-22-10-14-26-82(74)89)30-34-62-36-42-70(72-20-8-6-18-68(62)72)64-38-44-88-80(54-64)78-24-12-16-28-86(78)91(88)66-49-57(3)46-58(4)50-66/h5-54H,1-4H3. The molecule has 2 aliphatic carbocycles. The second-order valence-corrected chi connectivity index (χ2v) is 25.5. The van der Waals surface area contributed by atoms with Crippen LogP contribution in [0.5, 0.6) is 0 Å². The van der Waals surface area contributed by atoms with E-state index in [1.807, 2.05) is 0 Å². The van der Waals surface area contributed by atoms with Gasteiger partial charge in [-0.2, -0.15) is 0 Å². The van der Waals surface area contributed by atoms with Gasteiger partial charge in [0, 0.05) is 32.9 Å². The summed E-state index contributed by atoms with van der Waals surface area (Å²) in [7, 11) is 0. The van der Waals surface area contributed by atoms with Crippen LogP contribution in [0.3, 0.4) is 0 Å². The van der Waals surface area contributed by atoms with Crippen LogP contribution in [0.15, 0.2) is 279 Å². The fourth-order valence-electron chi connectivity index (χ4n) is 16.2. The van der Waals surface area contributed by atoms with Gasteiger partial charge in [0.25, 0.3) is 0 Å². The maximum absolute atomic E-state index is 2.48. The van der Waals surface area contributed by atoms with Gasteiger partial charge in [0.2, 0.25) is 0 Å². The Labute approximate surface area is 530 Å². The fraction of sp³-hybridized carbons (Fsp3) is 0.0562. The van der Waals surface area contributed by atoms with E-state index < -0.39 is 5.41 Å². The van der Waals surface area contributed by atoms with Crippen LogP contribution in [-0.2, 0) is 5.41 Å². The van der Waals surface area contributed by atoms with Crippen LogP contribution >= 0.6 is 0 Å². The van der Waals surface area contributed by atoms with Gasteiger partial charge in [-0.05, 0) is 233 Å². The Bertz CT molecular complexity index is 5430. The van der Waals surface area contributed by atoms with Gasteiger partial charge < -0.3 is 9.13 Å². The third-order valence-electron chi connectivity index (χ3n) is 19.9. The molecule has 2 aliphatic rings. The van der Waals surface area contributed by atoms with E-state index in [9.17, 15) is 0 Å². The predicted molar refractivity (Wildman–Crippen MR) is 387 cm³/mol. The lowest BCUT2D eigenvalue weighted by Crippen LogP contribution is -2.26. The molecule has 0 saturated heterocycles. The molecule has 0 saturated carbocycles. The summed E-state index contributed by atoms with van der Waals surface area (Å²) in [6.45, 7) is 8.75. The summed E-state index contributed by atoms with van der Waals surface area (Å²) in [5.74, 6) is 0. The highest BCUT2D eigenvalue weighted by molar-refractivity contribution is 6.14. The molecule has 0 aliphatic heterocycles. The van der Waals surface area contributed by atoms with E-state index in [1.54, 1.807) is 0 Å². The number of hydrogen-bond donors (Lipinski definition) is 0. The van der Waals surface area contributed by atoms with Gasteiger partial charge in [-0.1, -0.05) is 231 Å². The van der Waals surface area contributed by atoms with E-state index in [0.717, 1.165) is 0 Å². The van der Waals surface area contributed by atoms with Crippen molar-refractivity contribution in [2.24, 2.45) is 0 Å². The Morgan fingerprint density at radius 2 is 0.593 bits per heavy atom. The van der Waals surface area contributed by atoms with E-state index in [2.05, 4.69) is 340 Å². The molecule has 14 aromatic carbocycles. The summed E-state index contributed by atoms with van der Waals surface area (Å²) in [5, 5.41) is 9.97. The van der Waals surface area contributed by atoms with Crippen molar-refractivity contribution in [2.75, 3.05) is 0 Å². The molecule has 428 valence electrons. The van der Waals surface area contributed by atoms with Crippen LogP contribution < -0.4 is 0 Å². The van der Waals surface area contributed by atoms with E-state index in [-0.39, 0.29) is 0 Å². The third-order valence-corrected chi connectivity index (χ3v) is 19.9. The second kappa shape index (κ2) is 20.4. The SMILES string of the molecule is Cc1cc(C)cc(-n2c3ccccc3c3cc(-c4ccc(C=Cc5ccc6c(c5)C5(c7ccccc7-c7ccccc75)c5cc(C=Cc7ccc(-c8ccc9c(c8)c8ccccc8n9-c8cc(C)cc(C)c8)c8ccccc78)ccc5-6)c5ccccc45)ccc32)c1. The van der Waals surface area contributed by atoms with Crippen molar-refractivity contribution >= 4 is 89.5 Å². The zero-order valence-electron chi connectivity index (χ0n) is 51.3. The lowest BCUT2D eigenvalue weighted by Gasteiger charge is -2.30. The average molecular weight is 1160 g/mol. The van der Waals surface area contributed by atoms with Crippen LogP contribution in [0.1, 0.15) is 66.8 Å². The van der Waals surface area contributed by atoms with Crippen molar-refractivity contribution in [1.82, 2.24) is 9.13 Å². The normalized spacial score (nSPS) is 13.1. The largest absolute Gasteiger partial charge is 0.309 e. The number of fused-ring (bicyclic) bond motifs is 18. The fourth-order valence-corrected chi connectivity index (χ4v) is 16.2. The van der Waals surface area contributed by atoms with E-state index in [4.69, 9.17) is 0 Å². The topological polar surface area (TPSA) is 9.86 Å². The number of rotatable bonds is 8. The summed E-state index contributed by atoms with van der Waals surface area (Å²) in [5.41, 5.74) is 31.9. The zero-order valence-corrected chi connectivity index (χ0v) is 51.3. The van der Waals surface area contributed by atoms with Crippen molar-refractivity contribution in [3.8, 4) is 55.9 Å². The van der Waals surface area contributed by atoms with Crippen LogP contribution in [0.25, 0.3) is 145 Å². The first-order valence-electron chi connectivity index (χ1n) is 31.9. The first kappa shape index (κ1) is 52.8. The number of nitrogens with zero attached hydrogens (tertiary/aromatic N) is 2. The monoisotopic (exact) mass is 1160 g/mol. The average Bonchev–Trinajstić information content (AvgIpc) is 1.52. The molecule has 0 atom stereocenters. The second-order valence-electron chi connectivity index (χ2n) is 25.5. The third kappa shape index (κ3) is 8.12. The van der Waals surface area contributed by atoms with Crippen molar-refractivity contribution < 1.29 is 0 Å². The molecule has 91 heavy (non-hydrogen) atoms. The Hall–Kier alpha value is -11.3. The highest BCUT2D eigenvalue weighted by Crippen LogP contribution is 2.63. The van der Waals surface area contributed by atoms with Crippen LogP contribution in [0.4, 0.5) is 0 Å². The van der Waals surface area contributed by atoms with Crippen molar-refractivity contribution in [3.63, 3.8) is 0 Å². The van der Waals surface area contributed by atoms with Crippen LogP contribution in [0, 0.1) is 27.7 Å². The first-order valence-corrected chi connectivity index (χ1v) is 31.9. The summed E-state index contributed by atoms with van der Waals surface area (Å²) in [4.78, 5) is 0. The minimum atomic E-state index is -0.507. The van der Waals surface area contributed by atoms with Crippen molar-refractivity contribution in [1.29, 1.82) is 0 Å². The summed E-state index contributed by atoms with van der Waals surface area (Å²) < 4.78 is 4.86. The quantitative estimate of drug-likeness (QED) is 0.134. The van der Waals surface area contributed by atoms with E-state index in [0.29, 0.717) is 0 Å². The van der Waals surface area contributed by atoms with E-state index in [1.165, 1.54) is 188 Å². The number of benzene rings is 14. The molecule has 16 aromatic rings. The van der Waals surface area contributed by atoms with Gasteiger partial charge in [0.15, 0.2) is 0 Å². The molecule has 18 rings (SSSR count). The maximum Gasteiger partial charge on any atom is 0.0725 e. The molecule has 0 bridgehead atoms. The van der Waals surface area contributed by atoms with Gasteiger partial charge in [0.05, 0.1) is 27.5 Å². The molecular weight excluding hydrogens is 1100 g/mol. The maximum atomic E-state index is 2.48. The molecular formula is C89H62N2. The minimum absolute atomic E-state index is 0.507. The Kier molecular flexibility index (Phi) is 11.8. The highest BCUT2D eigenvalue weighted by Gasteiger charge is 2.51. The summed E-state index contributed by atoms with van der Waals surface area (Å²) in [6, 6.07) is 105. The van der Waals surface area contributed by atoms with Gasteiger partial charge in [-0.25, -0.2) is 0 Å². The number of aromatic nitrogens is 2. The van der Waals surface area contributed by atoms with Crippen LogP contribution in [-0.4, -0.2) is 9.13 Å². The summed E-state index contributed by atoms with van der Waals surface area (Å²) >= 11 is 0. The number of aryl methyl sites for hydroxylation is 4. The molecule has 2 aromatic heterocycles. The molecule has 2 heterocycles. The van der Waals surface area contributed by atoms with Crippen molar-refractivity contribution in [3.05, 3.63) is 346 Å². The lowest BCUT2D eigenvalue weighted by molar-refractivity contribution is 0.793. The molecule has 0 amide bonds. The molecule has 2 nitrogen and oxygen atoms in total. The number of para-hydroxylation sites is 2. The first-order chi connectivity index (χ1) is 44.7. The molecule has 0 N–H and O–H groups in total. The predicted octanol–water partition coefficient (Wildman–Crippen LogP) is 23.4. The van der Waals surface area contributed by atoms with Gasteiger partial charge in [-0.15, -0.1) is 0 Å².